The molecule has 0 radical (unpaired) electrons. The van der Waals surface area contributed by atoms with Crippen LogP contribution in [0.1, 0.15) is 60.8 Å². The van der Waals surface area contributed by atoms with Gasteiger partial charge in [-0.3, -0.25) is 4.79 Å². The van der Waals surface area contributed by atoms with Gasteiger partial charge in [0.25, 0.3) is 5.91 Å². The van der Waals surface area contributed by atoms with Gasteiger partial charge in [0.2, 0.25) is 6.79 Å². The maximum atomic E-state index is 13.3. The number of carbonyl (C=O) groups excluding carboxylic acids is 1. The highest BCUT2D eigenvalue weighted by Crippen LogP contribution is 2.32. The van der Waals surface area contributed by atoms with Crippen molar-refractivity contribution in [1.82, 2.24) is 4.90 Å². The summed E-state index contributed by atoms with van der Waals surface area (Å²) in [7, 11) is 1.59. The van der Waals surface area contributed by atoms with Crippen LogP contribution < -0.4 is 9.47 Å². The maximum Gasteiger partial charge on any atom is 0.336 e. The molecule has 2 aromatic carbocycles. The van der Waals surface area contributed by atoms with E-state index < -0.39 is 36.7 Å². The van der Waals surface area contributed by atoms with Crippen LogP contribution in [-0.4, -0.2) is 92.0 Å². The third-order valence-corrected chi connectivity index (χ3v) is 7.60. The molecule has 0 bridgehead atoms. The van der Waals surface area contributed by atoms with Gasteiger partial charge in [0, 0.05) is 20.2 Å². The second-order valence-corrected chi connectivity index (χ2v) is 11.4. The van der Waals surface area contributed by atoms with E-state index in [-0.39, 0.29) is 13.4 Å². The van der Waals surface area contributed by atoms with Gasteiger partial charge < -0.3 is 38.8 Å². The lowest BCUT2D eigenvalue weighted by Crippen LogP contribution is -2.50. The van der Waals surface area contributed by atoms with Crippen molar-refractivity contribution in [2.75, 3.05) is 46.8 Å². The predicted octanol–water partition coefficient (Wildman–Crippen LogP) is 4.57. The van der Waals surface area contributed by atoms with Gasteiger partial charge in [-0.1, -0.05) is 37.1 Å². The number of unbranched alkanes of at least 4 members (excludes halogenated alkanes) is 4. The van der Waals surface area contributed by atoms with Gasteiger partial charge in [-0.25, -0.2) is 9.59 Å². The second kappa shape index (κ2) is 19.0. The summed E-state index contributed by atoms with van der Waals surface area (Å²) in [6.45, 7) is 6.13. The summed E-state index contributed by atoms with van der Waals surface area (Å²) in [4.78, 5) is 37.7. The Hall–Kier alpha value is -3.67. The number of rotatable bonds is 19. The van der Waals surface area contributed by atoms with Gasteiger partial charge >= 0.3 is 11.9 Å². The zero-order valence-electron chi connectivity index (χ0n) is 26.6. The summed E-state index contributed by atoms with van der Waals surface area (Å²) < 4.78 is 26.1. The number of hydrogen-bond acceptors (Lipinski definition) is 8. The van der Waals surface area contributed by atoms with E-state index >= 15 is 0 Å². The molecule has 2 aliphatic heterocycles. The quantitative estimate of drug-likeness (QED) is 0.167. The van der Waals surface area contributed by atoms with Crippen molar-refractivity contribution in [3.8, 4) is 11.5 Å². The molecule has 2 unspecified atom stereocenters. The molecule has 0 saturated carbocycles. The first-order valence-corrected chi connectivity index (χ1v) is 15.6. The molecule has 2 atom stereocenters. The number of benzene rings is 2. The van der Waals surface area contributed by atoms with E-state index in [0.29, 0.717) is 19.4 Å². The Morgan fingerprint density at radius 3 is 2.09 bits per heavy atom. The molecule has 0 aliphatic carbocycles. The first kappa shape index (κ1) is 35.8. The number of carboxylic acid groups (broad SMARTS) is 2. The standard InChI is InChI=1S/C32H43NO9.C2H4O/c1-22-12-13-24(18-23(22)2)10-7-5-9-17-39-29(30(32(37)38)40-20-28(34)35)31(36)33(3)16-8-4-6-11-25-14-15-26-27(19-25)42-21-41-26;1-2-3-1/h12-15,18-19,29-30H,4-11,16-17,20-21H2,1-3H3,(H,34,35)(H,37,38);1-2H2. The first-order valence-electron chi connectivity index (χ1n) is 15.6. The van der Waals surface area contributed by atoms with Crippen LogP contribution in [-0.2, 0) is 41.4 Å². The molecule has 11 heteroatoms. The van der Waals surface area contributed by atoms with E-state index in [0.717, 1.165) is 68.8 Å². The van der Waals surface area contributed by atoms with Crippen molar-refractivity contribution in [2.24, 2.45) is 0 Å². The van der Waals surface area contributed by atoms with Crippen molar-refractivity contribution < 1.29 is 48.3 Å². The van der Waals surface area contributed by atoms with Gasteiger partial charge in [0.1, 0.15) is 6.61 Å². The summed E-state index contributed by atoms with van der Waals surface area (Å²) in [5.41, 5.74) is 4.92. The number of likely N-dealkylation sites (N-methyl/N-ethyl adjacent to an activating group) is 1. The summed E-state index contributed by atoms with van der Waals surface area (Å²) >= 11 is 0. The summed E-state index contributed by atoms with van der Waals surface area (Å²) in [5.74, 6) is -1.81. The highest BCUT2D eigenvalue weighted by atomic mass is 16.7. The molecule has 0 aromatic heterocycles. The SMILES string of the molecule is C1CO1.Cc1ccc(CCCCCOC(C(=O)N(C)CCCCCc2ccc3c(c2)OCO3)C(OCC(=O)O)C(=O)O)cc1C. The number of carboxylic acids is 2. The fourth-order valence-corrected chi connectivity index (χ4v) is 4.79. The van der Waals surface area contributed by atoms with E-state index in [1.54, 1.807) is 7.05 Å². The second-order valence-electron chi connectivity index (χ2n) is 11.4. The van der Waals surface area contributed by atoms with Crippen LogP contribution in [0.4, 0.5) is 0 Å². The van der Waals surface area contributed by atoms with Crippen LogP contribution in [0.25, 0.3) is 0 Å². The van der Waals surface area contributed by atoms with E-state index in [1.807, 2.05) is 18.2 Å². The first-order chi connectivity index (χ1) is 21.7. The van der Waals surface area contributed by atoms with Crippen LogP contribution >= 0.6 is 0 Å². The minimum Gasteiger partial charge on any atom is -0.480 e. The van der Waals surface area contributed by atoms with E-state index in [1.165, 1.54) is 21.6 Å². The Morgan fingerprint density at radius 1 is 0.800 bits per heavy atom. The average molecular weight is 630 g/mol. The Bertz CT molecular complexity index is 1240. The lowest BCUT2D eigenvalue weighted by atomic mass is 10.0. The summed E-state index contributed by atoms with van der Waals surface area (Å²) in [5, 5.41) is 18.7. The normalized spacial score (nSPS) is 14.2. The van der Waals surface area contributed by atoms with Crippen molar-refractivity contribution in [2.45, 2.75) is 77.4 Å². The molecule has 11 nitrogen and oxygen atoms in total. The molecule has 2 heterocycles. The molecule has 45 heavy (non-hydrogen) atoms. The molecule has 2 aliphatic rings. The molecular weight excluding hydrogens is 582 g/mol. The van der Waals surface area contributed by atoms with Crippen LogP contribution in [0.2, 0.25) is 0 Å². The molecular formula is C34H47NO10. The minimum atomic E-state index is -1.72. The number of carbonyl (C=O) groups is 3. The van der Waals surface area contributed by atoms with Gasteiger partial charge in [0.15, 0.2) is 23.7 Å². The van der Waals surface area contributed by atoms with Gasteiger partial charge in [-0.05, 0) is 86.8 Å². The molecule has 1 fully saturated rings. The number of aliphatic carboxylic acids is 2. The number of epoxide rings is 1. The van der Waals surface area contributed by atoms with Crippen molar-refractivity contribution >= 4 is 17.8 Å². The van der Waals surface area contributed by atoms with Crippen molar-refractivity contribution in [3.05, 3.63) is 58.7 Å². The van der Waals surface area contributed by atoms with Crippen LogP contribution in [0.3, 0.4) is 0 Å². The Morgan fingerprint density at radius 2 is 1.44 bits per heavy atom. The topological polar surface area (TPSA) is 144 Å². The van der Waals surface area contributed by atoms with E-state index in [4.69, 9.17) is 24.1 Å². The van der Waals surface area contributed by atoms with Crippen LogP contribution in [0.5, 0.6) is 11.5 Å². The maximum absolute atomic E-state index is 13.3. The largest absolute Gasteiger partial charge is 0.480 e. The van der Waals surface area contributed by atoms with Gasteiger partial charge in [0.05, 0.1) is 13.2 Å². The monoisotopic (exact) mass is 629 g/mol. The van der Waals surface area contributed by atoms with Gasteiger partial charge in [-0.2, -0.15) is 0 Å². The third-order valence-electron chi connectivity index (χ3n) is 7.60. The number of hydrogen-bond donors (Lipinski definition) is 2. The average Bonchev–Trinajstić information content (AvgIpc) is 3.83. The number of nitrogens with zero attached hydrogens (tertiary/aromatic N) is 1. The molecule has 2 N–H and O–H groups in total. The molecule has 1 saturated heterocycles. The lowest BCUT2D eigenvalue weighted by molar-refractivity contribution is -0.175. The van der Waals surface area contributed by atoms with Gasteiger partial charge in [-0.15, -0.1) is 0 Å². The van der Waals surface area contributed by atoms with Crippen molar-refractivity contribution in [3.63, 3.8) is 0 Å². The molecule has 4 rings (SSSR count). The highest BCUT2D eigenvalue weighted by molar-refractivity contribution is 5.88. The third kappa shape index (κ3) is 13.1. The Kier molecular flexibility index (Phi) is 15.1. The van der Waals surface area contributed by atoms with Crippen molar-refractivity contribution in [1.29, 1.82) is 0 Å². The molecule has 248 valence electrons. The molecule has 1 amide bonds. The van der Waals surface area contributed by atoms with Crippen LogP contribution in [0.15, 0.2) is 36.4 Å². The number of amides is 1. The number of aryl methyl sites for hydroxylation is 4. The minimum absolute atomic E-state index is 0.160. The number of ether oxygens (including phenoxy) is 5. The smallest absolute Gasteiger partial charge is 0.336 e. The van der Waals surface area contributed by atoms with E-state index in [9.17, 15) is 19.5 Å². The number of fused-ring (bicyclic) bond motifs is 1. The highest BCUT2D eigenvalue weighted by Gasteiger charge is 2.37. The molecule has 2 aromatic rings. The van der Waals surface area contributed by atoms with Crippen LogP contribution in [0, 0.1) is 13.8 Å². The van der Waals surface area contributed by atoms with E-state index in [2.05, 4.69) is 36.8 Å². The Labute approximate surface area is 265 Å². The summed E-state index contributed by atoms with van der Waals surface area (Å²) in [6.07, 6.45) is 3.47. The fourth-order valence-electron chi connectivity index (χ4n) is 4.79. The fraction of sp³-hybridized carbons (Fsp3) is 0.559. The Balaban J connectivity index is 0.00000173. The zero-order valence-corrected chi connectivity index (χ0v) is 26.6. The predicted molar refractivity (Wildman–Crippen MR) is 167 cm³/mol. The molecule has 0 spiro atoms. The summed E-state index contributed by atoms with van der Waals surface area (Å²) in [6, 6.07) is 12.3. The zero-order chi connectivity index (χ0) is 32.6. The lowest BCUT2D eigenvalue weighted by Gasteiger charge is -2.27.